The second-order valence-electron chi connectivity index (χ2n) is 4.79. The van der Waals surface area contributed by atoms with E-state index in [9.17, 15) is 4.79 Å². The van der Waals surface area contributed by atoms with E-state index in [2.05, 4.69) is 16.6 Å². The van der Waals surface area contributed by atoms with Crippen molar-refractivity contribution in [3.63, 3.8) is 0 Å². The van der Waals surface area contributed by atoms with Crippen LogP contribution in [0, 0.1) is 0 Å². The Morgan fingerprint density at radius 3 is 2.70 bits per heavy atom. The Kier molecular flexibility index (Phi) is 4.68. The summed E-state index contributed by atoms with van der Waals surface area (Å²) in [6.07, 6.45) is 6.96. The predicted octanol–water partition coefficient (Wildman–Crippen LogP) is 3.74. The smallest absolute Gasteiger partial charge is 0.266 e. The van der Waals surface area contributed by atoms with Gasteiger partial charge in [0.25, 0.3) is 5.91 Å². The van der Waals surface area contributed by atoms with Gasteiger partial charge in [0.2, 0.25) is 0 Å². The minimum atomic E-state index is -0.133. The standard InChI is InChI=1S/C18H15N3OS/c1-2-11-23-18-20-16(12-14-7-6-10-19-13-14)17(22)21(18)15-8-4-3-5-9-15/h2-10,12-13H,1,11H2/b16-12-. The van der Waals surface area contributed by atoms with Gasteiger partial charge in [-0.2, -0.15) is 0 Å². The van der Waals surface area contributed by atoms with Gasteiger partial charge in [-0.3, -0.25) is 14.7 Å². The third-order valence-corrected chi connectivity index (χ3v) is 4.10. The summed E-state index contributed by atoms with van der Waals surface area (Å²) in [6.45, 7) is 3.72. The first-order chi connectivity index (χ1) is 11.3. The summed E-state index contributed by atoms with van der Waals surface area (Å²) in [7, 11) is 0. The van der Waals surface area contributed by atoms with Gasteiger partial charge in [-0.25, -0.2) is 4.99 Å². The van der Waals surface area contributed by atoms with Gasteiger partial charge in [0.15, 0.2) is 5.17 Å². The van der Waals surface area contributed by atoms with Crippen molar-refractivity contribution in [3.8, 4) is 0 Å². The molecule has 0 saturated carbocycles. The molecule has 1 aliphatic heterocycles. The van der Waals surface area contributed by atoms with E-state index in [0.29, 0.717) is 16.6 Å². The molecule has 5 heteroatoms. The van der Waals surface area contributed by atoms with Crippen LogP contribution in [0.2, 0.25) is 0 Å². The van der Waals surface area contributed by atoms with Crippen LogP contribution >= 0.6 is 11.8 Å². The van der Waals surface area contributed by atoms with Crippen molar-refractivity contribution in [2.75, 3.05) is 10.7 Å². The number of benzene rings is 1. The Bertz CT molecular complexity index is 769. The molecule has 23 heavy (non-hydrogen) atoms. The number of anilines is 1. The fraction of sp³-hybridized carbons (Fsp3) is 0.0556. The van der Waals surface area contributed by atoms with Gasteiger partial charge < -0.3 is 0 Å². The Balaban J connectivity index is 1.97. The monoisotopic (exact) mass is 321 g/mol. The summed E-state index contributed by atoms with van der Waals surface area (Å²) < 4.78 is 0. The number of para-hydroxylation sites is 1. The van der Waals surface area contributed by atoms with E-state index in [-0.39, 0.29) is 5.91 Å². The zero-order valence-corrected chi connectivity index (χ0v) is 13.2. The Morgan fingerprint density at radius 2 is 2.00 bits per heavy atom. The van der Waals surface area contributed by atoms with Gasteiger partial charge in [0.1, 0.15) is 5.70 Å². The maximum Gasteiger partial charge on any atom is 0.283 e. The molecule has 2 heterocycles. The highest BCUT2D eigenvalue weighted by Gasteiger charge is 2.31. The van der Waals surface area contributed by atoms with Crippen LogP contribution in [-0.4, -0.2) is 21.8 Å². The first kappa shape index (κ1) is 15.2. The topological polar surface area (TPSA) is 45.6 Å². The van der Waals surface area contributed by atoms with Crippen LogP contribution in [0.4, 0.5) is 5.69 Å². The minimum absolute atomic E-state index is 0.133. The van der Waals surface area contributed by atoms with Crippen LogP contribution in [0.5, 0.6) is 0 Å². The second-order valence-corrected chi connectivity index (χ2v) is 5.77. The quantitative estimate of drug-likeness (QED) is 0.636. The second kappa shape index (κ2) is 7.07. The van der Waals surface area contributed by atoms with E-state index in [1.807, 2.05) is 42.5 Å². The third kappa shape index (κ3) is 3.40. The Morgan fingerprint density at radius 1 is 1.17 bits per heavy atom. The molecule has 1 aromatic carbocycles. The minimum Gasteiger partial charge on any atom is -0.266 e. The van der Waals surface area contributed by atoms with Gasteiger partial charge in [-0.1, -0.05) is 42.1 Å². The number of carbonyl (C=O) groups excluding carboxylic acids is 1. The molecule has 0 radical (unpaired) electrons. The number of pyridine rings is 1. The summed E-state index contributed by atoms with van der Waals surface area (Å²) in [6, 6.07) is 13.2. The maximum absolute atomic E-state index is 12.8. The van der Waals surface area contributed by atoms with Crippen LogP contribution < -0.4 is 4.90 Å². The number of aliphatic imine (C=N–C) groups is 1. The lowest BCUT2D eigenvalue weighted by atomic mass is 10.2. The molecule has 1 aliphatic rings. The van der Waals surface area contributed by atoms with E-state index in [1.165, 1.54) is 11.8 Å². The lowest BCUT2D eigenvalue weighted by Gasteiger charge is -2.17. The van der Waals surface area contributed by atoms with E-state index in [0.717, 1.165) is 11.3 Å². The predicted molar refractivity (Wildman–Crippen MR) is 96.2 cm³/mol. The van der Waals surface area contributed by atoms with Crippen LogP contribution in [0.15, 0.2) is 78.2 Å². The van der Waals surface area contributed by atoms with E-state index in [1.54, 1.807) is 29.4 Å². The van der Waals surface area contributed by atoms with Crippen LogP contribution in [0.3, 0.4) is 0 Å². The summed E-state index contributed by atoms with van der Waals surface area (Å²) in [5, 5.41) is 0.663. The molecule has 0 aliphatic carbocycles. The average molecular weight is 321 g/mol. The molecule has 0 spiro atoms. The summed E-state index contributed by atoms with van der Waals surface area (Å²) >= 11 is 1.49. The SMILES string of the molecule is C=CCSC1=N/C(=C\c2cccnc2)C(=O)N1c1ccccc1. The first-order valence-electron chi connectivity index (χ1n) is 7.13. The number of thioether (sulfide) groups is 1. The molecular weight excluding hydrogens is 306 g/mol. The van der Waals surface area contributed by atoms with Crippen molar-refractivity contribution >= 4 is 34.6 Å². The van der Waals surface area contributed by atoms with Crippen LogP contribution in [0.25, 0.3) is 6.08 Å². The third-order valence-electron chi connectivity index (χ3n) is 3.16. The van der Waals surface area contributed by atoms with Gasteiger partial charge in [0.05, 0.1) is 5.69 Å². The number of hydrogen-bond donors (Lipinski definition) is 0. The average Bonchev–Trinajstić information content (AvgIpc) is 2.90. The Hall–Kier alpha value is -2.66. The lowest BCUT2D eigenvalue weighted by Crippen LogP contribution is -2.30. The van der Waals surface area contributed by atoms with Crippen molar-refractivity contribution in [1.29, 1.82) is 0 Å². The van der Waals surface area contributed by atoms with E-state index >= 15 is 0 Å². The van der Waals surface area contributed by atoms with Gasteiger partial charge >= 0.3 is 0 Å². The molecule has 114 valence electrons. The van der Waals surface area contributed by atoms with Crippen molar-refractivity contribution in [1.82, 2.24) is 4.98 Å². The van der Waals surface area contributed by atoms with Gasteiger partial charge in [-0.05, 0) is 29.8 Å². The van der Waals surface area contributed by atoms with Crippen molar-refractivity contribution in [2.45, 2.75) is 0 Å². The summed E-state index contributed by atoms with van der Waals surface area (Å²) in [4.78, 5) is 23.0. The largest absolute Gasteiger partial charge is 0.283 e. The van der Waals surface area contributed by atoms with Crippen molar-refractivity contribution in [2.24, 2.45) is 4.99 Å². The number of amidine groups is 1. The van der Waals surface area contributed by atoms with Crippen molar-refractivity contribution in [3.05, 3.63) is 78.8 Å². The zero-order chi connectivity index (χ0) is 16.1. The lowest BCUT2D eigenvalue weighted by molar-refractivity contribution is -0.113. The molecular formula is C18H15N3OS. The summed E-state index contributed by atoms with van der Waals surface area (Å²) in [5.74, 6) is 0.557. The highest BCUT2D eigenvalue weighted by molar-refractivity contribution is 8.14. The maximum atomic E-state index is 12.8. The zero-order valence-electron chi connectivity index (χ0n) is 12.4. The molecule has 0 saturated heterocycles. The van der Waals surface area contributed by atoms with E-state index in [4.69, 9.17) is 0 Å². The first-order valence-corrected chi connectivity index (χ1v) is 8.12. The normalized spacial score (nSPS) is 15.8. The van der Waals surface area contributed by atoms with Crippen molar-refractivity contribution < 1.29 is 4.79 Å². The molecule has 1 amide bonds. The molecule has 0 N–H and O–H groups in total. The molecule has 0 unspecified atom stereocenters. The number of nitrogens with zero attached hydrogens (tertiary/aromatic N) is 3. The van der Waals surface area contributed by atoms with Gasteiger partial charge in [0, 0.05) is 18.1 Å². The number of amides is 1. The molecule has 0 fully saturated rings. The highest BCUT2D eigenvalue weighted by atomic mass is 32.2. The molecule has 2 aromatic rings. The molecule has 4 nitrogen and oxygen atoms in total. The molecule has 0 atom stereocenters. The molecule has 0 bridgehead atoms. The summed E-state index contributed by atoms with van der Waals surface area (Å²) in [5.41, 5.74) is 2.07. The molecule has 3 rings (SSSR count). The number of aromatic nitrogens is 1. The number of rotatable bonds is 4. The fourth-order valence-corrected chi connectivity index (χ4v) is 2.90. The fourth-order valence-electron chi connectivity index (χ4n) is 2.15. The van der Waals surface area contributed by atoms with Crippen LogP contribution in [-0.2, 0) is 4.79 Å². The van der Waals surface area contributed by atoms with Crippen LogP contribution in [0.1, 0.15) is 5.56 Å². The highest BCUT2D eigenvalue weighted by Crippen LogP contribution is 2.29. The molecule has 1 aromatic heterocycles. The Labute approximate surface area is 139 Å². The number of carbonyl (C=O) groups is 1. The van der Waals surface area contributed by atoms with E-state index < -0.39 is 0 Å². The van der Waals surface area contributed by atoms with Gasteiger partial charge in [-0.15, -0.1) is 6.58 Å². The number of hydrogen-bond acceptors (Lipinski definition) is 4.